The van der Waals surface area contributed by atoms with E-state index < -0.39 is 12.5 Å². The van der Waals surface area contributed by atoms with Gasteiger partial charge in [0, 0.05) is 30.8 Å². The predicted molar refractivity (Wildman–Crippen MR) is 177 cm³/mol. The number of methoxy groups -OCH3 is 2. The van der Waals surface area contributed by atoms with Gasteiger partial charge in [0.2, 0.25) is 6.36 Å². The maximum Gasteiger partial charge on any atom is 0.228 e. The van der Waals surface area contributed by atoms with Crippen molar-refractivity contribution >= 4 is 10.8 Å². The van der Waals surface area contributed by atoms with Crippen molar-refractivity contribution in [2.75, 3.05) is 53.7 Å². The molecule has 0 saturated carbocycles. The highest BCUT2D eigenvalue weighted by atomic mass is 19.1. The van der Waals surface area contributed by atoms with E-state index in [4.69, 9.17) is 28.4 Å². The molecule has 3 N–H and O–H groups in total. The first-order valence-corrected chi connectivity index (χ1v) is 15.9. The van der Waals surface area contributed by atoms with Crippen molar-refractivity contribution in [1.29, 1.82) is 0 Å². The first kappa shape index (κ1) is 34.6. The predicted octanol–water partition coefficient (Wildman–Crippen LogP) is 5.32. The zero-order valence-electron chi connectivity index (χ0n) is 26.8. The van der Waals surface area contributed by atoms with Crippen molar-refractivity contribution < 1.29 is 43.0 Å². The van der Waals surface area contributed by atoms with Gasteiger partial charge in [0.1, 0.15) is 23.4 Å². The zero-order valence-corrected chi connectivity index (χ0v) is 26.8. The number of aliphatic hydroxyl groups is 2. The third kappa shape index (κ3) is 9.19. The molecule has 0 spiro atoms. The molecule has 1 fully saturated rings. The Bertz CT molecular complexity index is 1540. The third-order valence-corrected chi connectivity index (χ3v) is 8.24. The largest absolute Gasteiger partial charge is 0.496 e. The second-order valence-electron chi connectivity index (χ2n) is 11.5. The quantitative estimate of drug-likeness (QED) is 0.131. The number of fused-ring (bicyclic) bond motifs is 1. The van der Waals surface area contributed by atoms with Crippen LogP contribution < -0.4 is 19.5 Å². The van der Waals surface area contributed by atoms with Crippen LogP contribution in [-0.4, -0.2) is 82.3 Å². The summed E-state index contributed by atoms with van der Waals surface area (Å²) in [6.45, 7) is 1.72. The van der Waals surface area contributed by atoms with E-state index in [1.807, 2.05) is 48.5 Å². The molecular formula is C37H44FNO8. The summed E-state index contributed by atoms with van der Waals surface area (Å²) >= 11 is 0. The molecule has 5 rings (SSSR count). The van der Waals surface area contributed by atoms with Crippen LogP contribution in [0.2, 0.25) is 0 Å². The third-order valence-electron chi connectivity index (χ3n) is 8.24. The topological polar surface area (TPSA) is 108 Å². The smallest absolute Gasteiger partial charge is 0.228 e. The molecule has 0 aliphatic carbocycles. The molecule has 47 heavy (non-hydrogen) atoms. The van der Waals surface area contributed by atoms with Crippen LogP contribution in [-0.2, 0) is 20.8 Å². The van der Waals surface area contributed by atoms with Crippen LogP contribution in [0.5, 0.6) is 17.2 Å². The van der Waals surface area contributed by atoms with E-state index in [-0.39, 0.29) is 37.9 Å². The minimum absolute atomic E-state index is 0.00793. The van der Waals surface area contributed by atoms with Gasteiger partial charge in [-0.25, -0.2) is 4.39 Å². The maximum absolute atomic E-state index is 14.6. The van der Waals surface area contributed by atoms with Gasteiger partial charge < -0.3 is 44.0 Å². The normalized spacial score (nSPS) is 19.3. The van der Waals surface area contributed by atoms with Crippen molar-refractivity contribution in [3.8, 4) is 17.2 Å². The molecular weight excluding hydrogens is 605 g/mol. The highest BCUT2D eigenvalue weighted by Gasteiger charge is 2.36. The van der Waals surface area contributed by atoms with E-state index in [0.717, 1.165) is 27.6 Å². The molecule has 0 radical (unpaired) electrons. The lowest BCUT2D eigenvalue weighted by Gasteiger charge is -2.39. The van der Waals surface area contributed by atoms with Crippen LogP contribution in [0.4, 0.5) is 4.39 Å². The summed E-state index contributed by atoms with van der Waals surface area (Å²) in [6, 6.07) is 26.8. The molecule has 10 heteroatoms. The Labute approximate surface area is 275 Å². The number of piperidine rings is 1. The van der Waals surface area contributed by atoms with E-state index in [0.29, 0.717) is 49.8 Å². The van der Waals surface area contributed by atoms with Gasteiger partial charge in [-0.1, -0.05) is 48.5 Å². The second-order valence-corrected chi connectivity index (χ2v) is 11.5. The summed E-state index contributed by atoms with van der Waals surface area (Å²) < 4.78 is 49.4. The monoisotopic (exact) mass is 649 g/mol. The van der Waals surface area contributed by atoms with Gasteiger partial charge in [0.05, 0.1) is 65.0 Å². The number of alkyl halides is 1. The van der Waals surface area contributed by atoms with E-state index in [1.54, 1.807) is 31.4 Å². The molecule has 252 valence electrons. The summed E-state index contributed by atoms with van der Waals surface area (Å²) in [7, 11) is 3.17. The van der Waals surface area contributed by atoms with Crippen LogP contribution in [0.1, 0.15) is 35.4 Å². The number of hydrogen-bond acceptors (Lipinski definition) is 9. The van der Waals surface area contributed by atoms with Gasteiger partial charge in [0.15, 0.2) is 0 Å². The Kier molecular flexibility index (Phi) is 12.8. The Balaban J connectivity index is 1.21. The number of rotatable bonds is 17. The molecule has 4 aromatic carbocycles. The number of ether oxygens (including phenoxy) is 6. The van der Waals surface area contributed by atoms with E-state index in [9.17, 15) is 14.6 Å². The van der Waals surface area contributed by atoms with Gasteiger partial charge in [0.25, 0.3) is 0 Å². The van der Waals surface area contributed by atoms with E-state index in [1.165, 1.54) is 7.11 Å². The zero-order chi connectivity index (χ0) is 33.0. The summed E-state index contributed by atoms with van der Waals surface area (Å²) in [5.41, 5.74) is 2.36. The molecule has 1 unspecified atom stereocenters. The lowest BCUT2D eigenvalue weighted by molar-refractivity contribution is -0.0833. The highest BCUT2D eigenvalue weighted by Crippen LogP contribution is 2.34. The lowest BCUT2D eigenvalue weighted by Crippen LogP contribution is -2.51. The summed E-state index contributed by atoms with van der Waals surface area (Å²) in [4.78, 5) is 0. The van der Waals surface area contributed by atoms with Gasteiger partial charge in [-0.05, 0) is 52.9 Å². The molecule has 0 bridgehead atoms. The molecule has 1 saturated heterocycles. The molecule has 4 aromatic rings. The fourth-order valence-electron chi connectivity index (χ4n) is 5.86. The Morgan fingerprint density at radius 1 is 0.851 bits per heavy atom. The van der Waals surface area contributed by atoms with Gasteiger partial charge in [-0.2, -0.15) is 0 Å². The van der Waals surface area contributed by atoms with Crippen molar-refractivity contribution in [3.63, 3.8) is 0 Å². The Hall–Kier alpha value is -3.77. The van der Waals surface area contributed by atoms with Crippen molar-refractivity contribution in [1.82, 2.24) is 5.32 Å². The molecule has 0 amide bonds. The first-order chi connectivity index (χ1) is 23.0. The van der Waals surface area contributed by atoms with Crippen molar-refractivity contribution in [2.24, 2.45) is 0 Å². The Morgan fingerprint density at radius 3 is 2.34 bits per heavy atom. The number of para-hydroxylation sites is 1. The second kappa shape index (κ2) is 17.4. The van der Waals surface area contributed by atoms with Gasteiger partial charge in [-0.15, -0.1) is 0 Å². The van der Waals surface area contributed by atoms with E-state index in [2.05, 4.69) is 17.4 Å². The molecule has 9 nitrogen and oxygen atoms in total. The van der Waals surface area contributed by atoms with Gasteiger partial charge in [-0.3, -0.25) is 0 Å². The minimum Gasteiger partial charge on any atom is -0.496 e. The molecule has 5 atom stereocenters. The summed E-state index contributed by atoms with van der Waals surface area (Å²) in [5, 5.41) is 24.8. The number of benzene rings is 4. The fourth-order valence-corrected chi connectivity index (χ4v) is 5.86. The maximum atomic E-state index is 14.6. The number of aliphatic hydroxyl groups excluding tert-OH is 2. The molecule has 1 heterocycles. The lowest BCUT2D eigenvalue weighted by atomic mass is 9.85. The number of hydrogen-bond donors (Lipinski definition) is 3. The number of halogens is 1. The summed E-state index contributed by atoms with van der Waals surface area (Å²) in [5.74, 6) is 1.77. The van der Waals surface area contributed by atoms with Crippen LogP contribution in [0.15, 0.2) is 84.9 Å². The fraction of sp³-hybridized carbons (Fsp3) is 0.405. The molecule has 1 aliphatic rings. The average molecular weight is 650 g/mol. The Morgan fingerprint density at radius 2 is 1.57 bits per heavy atom. The number of nitrogens with one attached hydrogen (secondary N) is 1. The average Bonchev–Trinajstić information content (AvgIpc) is 3.12. The summed E-state index contributed by atoms with van der Waals surface area (Å²) in [6.07, 6.45) is -2.59. The molecule has 1 aliphatic heterocycles. The van der Waals surface area contributed by atoms with Crippen LogP contribution in [0.25, 0.3) is 10.8 Å². The van der Waals surface area contributed by atoms with Crippen LogP contribution in [0, 0.1) is 0 Å². The van der Waals surface area contributed by atoms with Crippen molar-refractivity contribution in [2.45, 2.75) is 43.6 Å². The van der Waals surface area contributed by atoms with E-state index >= 15 is 0 Å². The standard InChI is InChI=1S/C37H44FNO8/c1-42-32-11-6-5-10-31(32)37(38)45-17-7-16-44-29-14-12-26(13-15-29)36-34(20-39-21-35(36)47-24-28(41)22-40)46-23-25-18-27-8-3-4-9-30(27)33(19-25)43-2/h3-6,8-15,18-19,28,34-37,39-41H,7,16-17,20-24H2,1-2H3/t28-,34?,35-,36-,37-/m1/s1. The van der Waals surface area contributed by atoms with Crippen molar-refractivity contribution in [3.05, 3.63) is 102 Å². The van der Waals surface area contributed by atoms with Crippen LogP contribution in [0.3, 0.4) is 0 Å². The van der Waals surface area contributed by atoms with Gasteiger partial charge >= 0.3 is 0 Å². The van der Waals surface area contributed by atoms with Crippen LogP contribution >= 0.6 is 0 Å². The minimum atomic E-state index is -1.58. The SMILES string of the molecule is COc1ccccc1[C@H](F)OCCCOc1ccc([C@@H]2C(OCc3cc(OC)c4ccccc4c3)CNC[C@H]2OC[C@H](O)CO)cc1. The highest BCUT2D eigenvalue weighted by molar-refractivity contribution is 5.89. The first-order valence-electron chi connectivity index (χ1n) is 15.9. The molecule has 0 aromatic heterocycles.